The van der Waals surface area contributed by atoms with E-state index in [1.54, 1.807) is 12.1 Å². The standard InChI is InChI=1S/C10H9BrO3/c11-9-6-7(2-1-5-12)3-4-8(9)10(13)14/h3-6H,1-2H2,(H,13,14). The highest BCUT2D eigenvalue weighted by molar-refractivity contribution is 9.10. The van der Waals surface area contributed by atoms with Gasteiger partial charge >= 0.3 is 5.97 Å². The smallest absolute Gasteiger partial charge is 0.336 e. The van der Waals surface area contributed by atoms with Crippen LogP contribution in [0.1, 0.15) is 22.3 Å². The summed E-state index contributed by atoms with van der Waals surface area (Å²) in [5, 5.41) is 8.75. The molecular formula is C10H9BrO3. The Morgan fingerprint density at radius 3 is 2.71 bits per heavy atom. The molecule has 0 amide bonds. The number of aromatic carboxylic acids is 1. The average molecular weight is 257 g/mol. The van der Waals surface area contributed by atoms with Crippen molar-refractivity contribution in [3.8, 4) is 0 Å². The topological polar surface area (TPSA) is 54.4 Å². The van der Waals surface area contributed by atoms with Gasteiger partial charge in [0.05, 0.1) is 5.56 Å². The van der Waals surface area contributed by atoms with Gasteiger partial charge in [0.2, 0.25) is 0 Å². The molecule has 0 heterocycles. The monoisotopic (exact) mass is 256 g/mol. The maximum atomic E-state index is 10.7. The van der Waals surface area contributed by atoms with Crippen LogP contribution in [-0.4, -0.2) is 17.4 Å². The van der Waals surface area contributed by atoms with Gasteiger partial charge in [0.25, 0.3) is 0 Å². The molecule has 0 radical (unpaired) electrons. The number of carboxylic acid groups (broad SMARTS) is 1. The van der Waals surface area contributed by atoms with Crippen LogP contribution in [-0.2, 0) is 11.2 Å². The normalized spacial score (nSPS) is 9.79. The molecule has 0 aliphatic rings. The molecule has 1 rings (SSSR count). The molecule has 0 bridgehead atoms. The molecule has 74 valence electrons. The second kappa shape index (κ2) is 4.91. The van der Waals surface area contributed by atoms with Crippen molar-refractivity contribution in [3.05, 3.63) is 33.8 Å². The Morgan fingerprint density at radius 1 is 1.50 bits per heavy atom. The second-order valence-electron chi connectivity index (χ2n) is 2.82. The molecule has 4 heteroatoms. The summed E-state index contributed by atoms with van der Waals surface area (Å²) in [5.41, 5.74) is 1.19. The van der Waals surface area contributed by atoms with Gasteiger partial charge < -0.3 is 9.90 Å². The molecule has 0 aliphatic carbocycles. The largest absolute Gasteiger partial charge is 0.478 e. The number of hydrogen-bond acceptors (Lipinski definition) is 2. The minimum Gasteiger partial charge on any atom is -0.478 e. The van der Waals surface area contributed by atoms with Crippen LogP contribution >= 0.6 is 15.9 Å². The summed E-state index contributed by atoms with van der Waals surface area (Å²) in [4.78, 5) is 20.8. The minimum atomic E-state index is -0.959. The van der Waals surface area contributed by atoms with Crippen LogP contribution in [0.25, 0.3) is 0 Å². The lowest BCUT2D eigenvalue weighted by Gasteiger charge is -2.02. The molecule has 0 aromatic heterocycles. The third kappa shape index (κ3) is 2.67. The Labute approximate surface area is 89.9 Å². The van der Waals surface area contributed by atoms with Gasteiger partial charge in [-0.3, -0.25) is 0 Å². The molecule has 0 saturated heterocycles. The van der Waals surface area contributed by atoms with E-state index >= 15 is 0 Å². The van der Waals surface area contributed by atoms with E-state index in [2.05, 4.69) is 15.9 Å². The number of rotatable bonds is 4. The summed E-state index contributed by atoms with van der Waals surface area (Å²) in [6, 6.07) is 4.98. The predicted molar refractivity (Wildman–Crippen MR) is 55.5 cm³/mol. The zero-order chi connectivity index (χ0) is 10.6. The van der Waals surface area contributed by atoms with E-state index in [0.717, 1.165) is 11.8 Å². The lowest BCUT2D eigenvalue weighted by atomic mass is 10.1. The maximum absolute atomic E-state index is 10.7. The molecule has 14 heavy (non-hydrogen) atoms. The van der Waals surface area contributed by atoms with Crippen molar-refractivity contribution in [1.29, 1.82) is 0 Å². The number of hydrogen-bond donors (Lipinski definition) is 1. The number of benzene rings is 1. The zero-order valence-electron chi connectivity index (χ0n) is 7.37. The van der Waals surface area contributed by atoms with Crippen molar-refractivity contribution in [2.24, 2.45) is 0 Å². The van der Waals surface area contributed by atoms with E-state index < -0.39 is 5.97 Å². The first-order valence-electron chi connectivity index (χ1n) is 4.10. The quantitative estimate of drug-likeness (QED) is 0.842. The highest BCUT2D eigenvalue weighted by atomic mass is 79.9. The first kappa shape index (κ1) is 10.9. The number of carboxylic acids is 1. The number of aldehydes is 1. The van der Waals surface area contributed by atoms with Crippen molar-refractivity contribution in [2.75, 3.05) is 0 Å². The lowest BCUT2D eigenvalue weighted by molar-refractivity contribution is -0.107. The zero-order valence-corrected chi connectivity index (χ0v) is 8.95. The third-order valence-corrected chi connectivity index (χ3v) is 2.47. The Hall–Kier alpha value is -1.16. The first-order valence-corrected chi connectivity index (χ1v) is 4.90. The van der Waals surface area contributed by atoms with Crippen molar-refractivity contribution in [2.45, 2.75) is 12.8 Å². The number of halogens is 1. The van der Waals surface area contributed by atoms with Gasteiger partial charge in [0, 0.05) is 10.9 Å². The van der Waals surface area contributed by atoms with Crippen LogP contribution in [0.2, 0.25) is 0 Å². The third-order valence-electron chi connectivity index (χ3n) is 1.81. The van der Waals surface area contributed by atoms with E-state index in [1.807, 2.05) is 0 Å². The van der Waals surface area contributed by atoms with Crippen LogP contribution in [0, 0.1) is 0 Å². The molecule has 0 aliphatic heterocycles. The van der Waals surface area contributed by atoms with Crippen LogP contribution < -0.4 is 0 Å². The fourth-order valence-corrected chi connectivity index (χ4v) is 1.71. The van der Waals surface area contributed by atoms with Crippen molar-refractivity contribution in [3.63, 3.8) is 0 Å². The maximum Gasteiger partial charge on any atom is 0.336 e. The van der Waals surface area contributed by atoms with Gasteiger partial charge in [-0.2, -0.15) is 0 Å². The van der Waals surface area contributed by atoms with Crippen LogP contribution in [0.3, 0.4) is 0 Å². The summed E-state index contributed by atoms with van der Waals surface area (Å²) in [6.07, 6.45) is 1.94. The fraction of sp³-hybridized carbons (Fsp3) is 0.200. The summed E-state index contributed by atoms with van der Waals surface area (Å²) >= 11 is 3.17. The average Bonchev–Trinajstić information content (AvgIpc) is 2.14. The Kier molecular flexibility index (Phi) is 3.83. The van der Waals surface area contributed by atoms with Gasteiger partial charge in [-0.05, 0) is 40.0 Å². The van der Waals surface area contributed by atoms with Crippen LogP contribution in [0.15, 0.2) is 22.7 Å². The van der Waals surface area contributed by atoms with Crippen LogP contribution in [0.4, 0.5) is 0 Å². The van der Waals surface area contributed by atoms with E-state index in [9.17, 15) is 9.59 Å². The van der Waals surface area contributed by atoms with E-state index in [0.29, 0.717) is 17.3 Å². The Bertz CT molecular complexity index is 360. The summed E-state index contributed by atoms with van der Waals surface area (Å²) in [6.45, 7) is 0. The predicted octanol–water partition coefficient (Wildman–Crippen LogP) is 2.28. The van der Waals surface area contributed by atoms with E-state index in [-0.39, 0.29) is 5.56 Å². The summed E-state index contributed by atoms with van der Waals surface area (Å²) in [7, 11) is 0. The van der Waals surface area contributed by atoms with E-state index in [1.165, 1.54) is 6.07 Å². The Balaban J connectivity index is 2.88. The summed E-state index contributed by atoms with van der Waals surface area (Å²) < 4.78 is 0.549. The molecule has 1 aromatic carbocycles. The van der Waals surface area contributed by atoms with Gasteiger partial charge in [-0.25, -0.2) is 4.79 Å². The molecule has 0 spiro atoms. The molecule has 3 nitrogen and oxygen atoms in total. The van der Waals surface area contributed by atoms with Crippen molar-refractivity contribution in [1.82, 2.24) is 0 Å². The van der Waals surface area contributed by atoms with Crippen molar-refractivity contribution < 1.29 is 14.7 Å². The molecule has 0 saturated carbocycles. The highest BCUT2D eigenvalue weighted by Crippen LogP contribution is 2.19. The number of carbonyl (C=O) groups is 2. The van der Waals surface area contributed by atoms with Crippen molar-refractivity contribution >= 4 is 28.2 Å². The molecule has 0 unspecified atom stereocenters. The SMILES string of the molecule is O=CCCc1ccc(C(=O)O)c(Br)c1. The highest BCUT2D eigenvalue weighted by Gasteiger charge is 2.07. The van der Waals surface area contributed by atoms with Gasteiger partial charge in [-0.15, -0.1) is 0 Å². The minimum absolute atomic E-state index is 0.236. The molecule has 0 atom stereocenters. The molecule has 0 fully saturated rings. The molecular weight excluding hydrogens is 248 g/mol. The number of aryl methyl sites for hydroxylation is 1. The van der Waals surface area contributed by atoms with E-state index in [4.69, 9.17) is 5.11 Å². The van der Waals surface area contributed by atoms with Crippen LogP contribution in [0.5, 0.6) is 0 Å². The van der Waals surface area contributed by atoms with Gasteiger partial charge in [0.15, 0.2) is 0 Å². The Morgan fingerprint density at radius 2 is 2.21 bits per heavy atom. The molecule has 1 N–H and O–H groups in total. The van der Waals surface area contributed by atoms with Gasteiger partial charge in [-0.1, -0.05) is 6.07 Å². The summed E-state index contributed by atoms with van der Waals surface area (Å²) in [5.74, 6) is -0.959. The lowest BCUT2D eigenvalue weighted by Crippen LogP contribution is -1.98. The fourth-order valence-electron chi connectivity index (χ4n) is 1.11. The van der Waals surface area contributed by atoms with Gasteiger partial charge in [0.1, 0.15) is 6.29 Å². The second-order valence-corrected chi connectivity index (χ2v) is 3.68. The first-order chi connectivity index (χ1) is 6.65. The number of carbonyl (C=O) groups excluding carboxylic acids is 1. The molecule has 1 aromatic rings.